The molecule has 4 unspecified atom stereocenters. The standard InChI is InChI=1S/C16H24N2O2/c1-2-9-5-13-14(6-9)16(20)18(15(13)19)12-7-10-3-4-11(8-12)17-10/h9-14,17H,2-8H2,1H3. The molecule has 1 N–H and O–H groups in total. The highest BCUT2D eigenvalue weighted by atomic mass is 16.2. The zero-order valence-electron chi connectivity index (χ0n) is 12.2. The van der Waals surface area contributed by atoms with Gasteiger partial charge in [-0.05, 0) is 44.4 Å². The van der Waals surface area contributed by atoms with Crippen molar-refractivity contribution in [1.29, 1.82) is 0 Å². The van der Waals surface area contributed by atoms with Crippen molar-refractivity contribution in [2.75, 3.05) is 0 Å². The van der Waals surface area contributed by atoms with E-state index in [2.05, 4.69) is 12.2 Å². The van der Waals surface area contributed by atoms with Gasteiger partial charge >= 0.3 is 0 Å². The average molecular weight is 276 g/mol. The van der Waals surface area contributed by atoms with Crippen molar-refractivity contribution < 1.29 is 9.59 Å². The number of piperidine rings is 1. The summed E-state index contributed by atoms with van der Waals surface area (Å²) in [5.41, 5.74) is 0. The number of amides is 2. The van der Waals surface area contributed by atoms with Gasteiger partial charge in [0.1, 0.15) is 0 Å². The lowest BCUT2D eigenvalue weighted by atomic mass is 9.97. The van der Waals surface area contributed by atoms with E-state index in [1.54, 1.807) is 4.90 Å². The third-order valence-corrected chi connectivity index (χ3v) is 6.16. The molecule has 4 heteroatoms. The Bertz CT molecular complexity index is 414. The lowest BCUT2D eigenvalue weighted by molar-refractivity contribution is -0.144. The van der Waals surface area contributed by atoms with Crippen LogP contribution in [-0.4, -0.2) is 34.8 Å². The van der Waals surface area contributed by atoms with E-state index in [0.29, 0.717) is 18.0 Å². The third kappa shape index (κ3) is 1.77. The molecule has 0 aromatic heterocycles. The summed E-state index contributed by atoms with van der Waals surface area (Å²) in [6.07, 6.45) is 7.37. The fraction of sp³-hybridized carbons (Fsp3) is 0.875. The fourth-order valence-corrected chi connectivity index (χ4v) is 5.09. The van der Waals surface area contributed by atoms with E-state index in [9.17, 15) is 9.59 Å². The van der Waals surface area contributed by atoms with Crippen LogP contribution in [0.4, 0.5) is 0 Å². The number of carbonyl (C=O) groups excluding carboxylic acids is 2. The Kier molecular flexibility index (Phi) is 2.92. The van der Waals surface area contributed by atoms with E-state index >= 15 is 0 Å². The van der Waals surface area contributed by atoms with Gasteiger partial charge < -0.3 is 5.32 Å². The lowest BCUT2D eigenvalue weighted by Gasteiger charge is -2.35. The number of rotatable bonds is 2. The van der Waals surface area contributed by atoms with Crippen LogP contribution in [0.5, 0.6) is 0 Å². The van der Waals surface area contributed by atoms with Gasteiger partial charge in [-0.25, -0.2) is 0 Å². The monoisotopic (exact) mass is 276 g/mol. The molecule has 4 atom stereocenters. The highest BCUT2D eigenvalue weighted by Gasteiger charge is 2.55. The number of fused-ring (bicyclic) bond motifs is 3. The second-order valence-electron chi connectivity index (χ2n) is 7.27. The Labute approximate surface area is 120 Å². The number of hydrogen-bond donors (Lipinski definition) is 1. The van der Waals surface area contributed by atoms with Crippen molar-refractivity contribution in [3.63, 3.8) is 0 Å². The second kappa shape index (κ2) is 4.55. The molecule has 4 fully saturated rings. The maximum absolute atomic E-state index is 12.7. The van der Waals surface area contributed by atoms with Crippen molar-refractivity contribution in [1.82, 2.24) is 10.2 Å². The van der Waals surface area contributed by atoms with Gasteiger partial charge in [-0.3, -0.25) is 14.5 Å². The van der Waals surface area contributed by atoms with E-state index in [1.807, 2.05) is 0 Å². The first-order valence-electron chi connectivity index (χ1n) is 8.30. The Morgan fingerprint density at radius 2 is 1.55 bits per heavy atom. The molecule has 110 valence electrons. The van der Waals surface area contributed by atoms with Crippen molar-refractivity contribution >= 4 is 11.8 Å². The summed E-state index contributed by atoms with van der Waals surface area (Å²) in [4.78, 5) is 27.0. The van der Waals surface area contributed by atoms with Crippen LogP contribution < -0.4 is 5.32 Å². The first-order chi connectivity index (χ1) is 9.67. The normalized spacial score (nSPS) is 47.1. The molecule has 1 saturated carbocycles. The molecule has 3 aliphatic heterocycles. The van der Waals surface area contributed by atoms with Crippen LogP contribution >= 0.6 is 0 Å². The molecule has 4 nitrogen and oxygen atoms in total. The number of likely N-dealkylation sites (tertiary alicyclic amines) is 1. The molecule has 3 saturated heterocycles. The largest absolute Gasteiger partial charge is 0.311 e. The predicted octanol–water partition coefficient (Wildman–Crippen LogP) is 1.69. The van der Waals surface area contributed by atoms with Gasteiger partial charge in [-0.2, -0.15) is 0 Å². The minimum absolute atomic E-state index is 0.0139. The molecule has 0 spiro atoms. The zero-order valence-corrected chi connectivity index (χ0v) is 12.2. The molecular weight excluding hydrogens is 252 g/mol. The molecule has 4 aliphatic rings. The van der Waals surface area contributed by atoms with E-state index in [1.165, 1.54) is 12.8 Å². The van der Waals surface area contributed by atoms with Crippen LogP contribution in [-0.2, 0) is 9.59 Å². The van der Waals surface area contributed by atoms with Gasteiger partial charge in [0.05, 0.1) is 11.8 Å². The van der Waals surface area contributed by atoms with E-state index < -0.39 is 0 Å². The van der Waals surface area contributed by atoms with Gasteiger partial charge in [0.15, 0.2) is 0 Å². The summed E-state index contributed by atoms with van der Waals surface area (Å²) >= 11 is 0. The summed E-state index contributed by atoms with van der Waals surface area (Å²) in [6, 6.07) is 1.24. The van der Waals surface area contributed by atoms with Crippen LogP contribution in [0.1, 0.15) is 51.9 Å². The molecule has 0 radical (unpaired) electrons. The molecule has 0 aromatic rings. The summed E-state index contributed by atoms with van der Waals surface area (Å²) in [5.74, 6) is 0.925. The first kappa shape index (κ1) is 12.8. The van der Waals surface area contributed by atoms with Gasteiger partial charge in [-0.1, -0.05) is 13.3 Å². The minimum atomic E-state index is 0.0139. The van der Waals surface area contributed by atoms with Crippen LogP contribution in [0.3, 0.4) is 0 Å². The number of nitrogens with zero attached hydrogens (tertiary/aromatic N) is 1. The average Bonchev–Trinajstić information content (AvgIpc) is 3.07. The van der Waals surface area contributed by atoms with Gasteiger partial charge in [0, 0.05) is 18.1 Å². The Balaban J connectivity index is 1.53. The van der Waals surface area contributed by atoms with Crippen LogP contribution in [0.25, 0.3) is 0 Å². The topological polar surface area (TPSA) is 49.4 Å². The molecule has 1 aliphatic carbocycles. The van der Waals surface area contributed by atoms with Crippen LogP contribution in [0.15, 0.2) is 0 Å². The summed E-state index contributed by atoms with van der Waals surface area (Å²) in [7, 11) is 0. The SMILES string of the molecule is CCC1CC2C(=O)N(C3CC4CCC(C3)N4)C(=O)C2C1. The van der Waals surface area contributed by atoms with Crippen molar-refractivity contribution in [2.45, 2.75) is 70.0 Å². The van der Waals surface area contributed by atoms with E-state index in [-0.39, 0.29) is 29.7 Å². The van der Waals surface area contributed by atoms with E-state index in [4.69, 9.17) is 0 Å². The van der Waals surface area contributed by atoms with Crippen molar-refractivity contribution in [3.05, 3.63) is 0 Å². The van der Waals surface area contributed by atoms with E-state index in [0.717, 1.165) is 32.1 Å². The summed E-state index contributed by atoms with van der Waals surface area (Å²) in [5, 5.41) is 3.59. The number of hydrogen-bond acceptors (Lipinski definition) is 3. The summed E-state index contributed by atoms with van der Waals surface area (Å²) in [6.45, 7) is 2.17. The zero-order chi connectivity index (χ0) is 13.9. The Morgan fingerprint density at radius 3 is 2.05 bits per heavy atom. The Hall–Kier alpha value is -0.900. The molecule has 0 aromatic carbocycles. The maximum Gasteiger partial charge on any atom is 0.233 e. The molecule has 4 rings (SSSR count). The lowest BCUT2D eigenvalue weighted by Crippen LogP contribution is -2.50. The Morgan fingerprint density at radius 1 is 1.00 bits per heavy atom. The third-order valence-electron chi connectivity index (χ3n) is 6.16. The second-order valence-corrected chi connectivity index (χ2v) is 7.27. The van der Waals surface area contributed by atoms with Crippen molar-refractivity contribution in [2.24, 2.45) is 17.8 Å². The molecular formula is C16H24N2O2. The number of imide groups is 1. The van der Waals surface area contributed by atoms with Crippen LogP contribution in [0, 0.1) is 17.8 Å². The highest BCUT2D eigenvalue weighted by molar-refractivity contribution is 6.05. The number of carbonyl (C=O) groups is 2. The minimum Gasteiger partial charge on any atom is -0.311 e. The first-order valence-corrected chi connectivity index (χ1v) is 8.30. The quantitative estimate of drug-likeness (QED) is 0.781. The highest BCUT2D eigenvalue weighted by Crippen LogP contribution is 2.46. The van der Waals surface area contributed by atoms with Gasteiger partial charge in [-0.15, -0.1) is 0 Å². The van der Waals surface area contributed by atoms with Gasteiger partial charge in [0.25, 0.3) is 0 Å². The smallest absolute Gasteiger partial charge is 0.233 e. The molecule has 20 heavy (non-hydrogen) atoms. The number of nitrogens with one attached hydrogen (secondary N) is 1. The maximum atomic E-state index is 12.7. The van der Waals surface area contributed by atoms with Gasteiger partial charge in [0.2, 0.25) is 11.8 Å². The van der Waals surface area contributed by atoms with Crippen LogP contribution in [0.2, 0.25) is 0 Å². The predicted molar refractivity (Wildman–Crippen MR) is 74.8 cm³/mol. The fourth-order valence-electron chi connectivity index (χ4n) is 5.09. The molecule has 2 amide bonds. The van der Waals surface area contributed by atoms with Crippen molar-refractivity contribution in [3.8, 4) is 0 Å². The summed E-state index contributed by atoms with van der Waals surface area (Å²) < 4.78 is 0. The molecule has 2 bridgehead atoms. The molecule has 3 heterocycles.